The third-order valence-electron chi connectivity index (χ3n) is 6.09. The summed E-state index contributed by atoms with van der Waals surface area (Å²) >= 11 is 0. The Kier molecular flexibility index (Phi) is 5.35. The van der Waals surface area contributed by atoms with E-state index in [1.54, 1.807) is 24.3 Å². The van der Waals surface area contributed by atoms with Crippen LogP contribution in [0.25, 0.3) is 0 Å². The van der Waals surface area contributed by atoms with Crippen LogP contribution in [0.5, 0.6) is 0 Å². The fourth-order valence-electron chi connectivity index (χ4n) is 4.24. The molecule has 7 nitrogen and oxygen atoms in total. The first kappa shape index (κ1) is 18.9. The molecule has 1 aromatic rings. The van der Waals surface area contributed by atoms with E-state index in [9.17, 15) is 19.5 Å². The predicted octanol–water partition coefficient (Wildman–Crippen LogP) is 2.38. The van der Waals surface area contributed by atoms with Crippen LogP contribution < -0.4 is 5.32 Å². The molecule has 3 aliphatic rings. The number of anilines is 1. The number of nitrogens with one attached hydrogen (secondary N) is 1. The number of hydrogen-bond acceptors (Lipinski definition) is 4. The summed E-state index contributed by atoms with van der Waals surface area (Å²) in [5, 5.41) is 12.2. The number of aliphatic carboxylic acids is 1. The highest BCUT2D eigenvalue weighted by Crippen LogP contribution is 2.34. The minimum atomic E-state index is -0.783. The second-order valence-corrected chi connectivity index (χ2v) is 8.04. The minimum absolute atomic E-state index is 0.0272. The molecule has 2 N–H and O–H groups in total. The molecule has 2 amide bonds. The van der Waals surface area contributed by atoms with Gasteiger partial charge in [-0.25, -0.2) is 0 Å². The summed E-state index contributed by atoms with van der Waals surface area (Å²) in [5.41, 5.74) is 1.31. The summed E-state index contributed by atoms with van der Waals surface area (Å²) in [4.78, 5) is 37.8. The van der Waals surface area contributed by atoms with Gasteiger partial charge in [-0.05, 0) is 62.3 Å². The molecule has 3 fully saturated rings. The highest BCUT2D eigenvalue weighted by molar-refractivity contribution is 5.96. The molecule has 0 radical (unpaired) electrons. The molecule has 4 rings (SSSR count). The van der Waals surface area contributed by atoms with Crippen molar-refractivity contribution in [3.8, 4) is 0 Å². The van der Waals surface area contributed by atoms with Crippen molar-refractivity contribution in [2.75, 3.05) is 25.0 Å². The van der Waals surface area contributed by atoms with Gasteiger partial charge in [0.05, 0.1) is 12.0 Å². The zero-order valence-electron chi connectivity index (χ0n) is 15.8. The van der Waals surface area contributed by atoms with Crippen LogP contribution in [0.3, 0.4) is 0 Å². The van der Waals surface area contributed by atoms with Crippen LogP contribution in [-0.4, -0.2) is 53.6 Å². The molecular weight excluding hydrogens is 360 g/mol. The number of carbonyl (C=O) groups is 3. The molecule has 28 heavy (non-hydrogen) atoms. The van der Waals surface area contributed by atoms with E-state index >= 15 is 0 Å². The Bertz CT molecular complexity index is 751. The quantitative estimate of drug-likeness (QED) is 0.810. The van der Waals surface area contributed by atoms with Crippen LogP contribution in [0.2, 0.25) is 0 Å². The van der Waals surface area contributed by atoms with Gasteiger partial charge in [0.1, 0.15) is 0 Å². The Balaban J connectivity index is 1.31. The van der Waals surface area contributed by atoms with Gasteiger partial charge in [0, 0.05) is 36.9 Å². The molecule has 0 aromatic heterocycles. The SMILES string of the molecule is O=C(Nc1ccc(C(=O)N2CCC([C@@H]3OCCC3C(=O)O)CC2)cc1)C1CC1. The molecule has 1 unspecified atom stereocenters. The molecule has 1 saturated carbocycles. The Morgan fingerprint density at radius 1 is 1.00 bits per heavy atom. The maximum absolute atomic E-state index is 12.8. The number of carboxylic acids is 1. The summed E-state index contributed by atoms with van der Waals surface area (Å²) in [6.45, 7) is 1.72. The Labute approximate surface area is 164 Å². The van der Waals surface area contributed by atoms with E-state index in [1.807, 2.05) is 4.90 Å². The highest BCUT2D eigenvalue weighted by atomic mass is 16.5. The number of carboxylic acid groups (broad SMARTS) is 1. The van der Waals surface area contributed by atoms with Crippen molar-refractivity contribution >= 4 is 23.5 Å². The lowest BCUT2D eigenvalue weighted by atomic mass is 9.84. The van der Waals surface area contributed by atoms with Crippen LogP contribution in [0, 0.1) is 17.8 Å². The fraction of sp³-hybridized carbons (Fsp3) is 0.571. The summed E-state index contributed by atoms with van der Waals surface area (Å²) in [6.07, 6.45) is 3.77. The number of benzene rings is 1. The van der Waals surface area contributed by atoms with Crippen molar-refractivity contribution in [1.29, 1.82) is 0 Å². The van der Waals surface area contributed by atoms with E-state index in [4.69, 9.17) is 4.74 Å². The molecule has 2 saturated heterocycles. The van der Waals surface area contributed by atoms with Gasteiger partial charge in [0.2, 0.25) is 5.91 Å². The summed E-state index contributed by atoms with van der Waals surface area (Å²) in [5.74, 6) is -0.851. The van der Waals surface area contributed by atoms with E-state index in [1.165, 1.54) is 0 Å². The molecule has 0 spiro atoms. The van der Waals surface area contributed by atoms with E-state index < -0.39 is 11.9 Å². The number of amides is 2. The van der Waals surface area contributed by atoms with Crippen LogP contribution in [-0.2, 0) is 14.3 Å². The van der Waals surface area contributed by atoms with E-state index in [0.29, 0.717) is 37.4 Å². The van der Waals surface area contributed by atoms with Crippen LogP contribution >= 0.6 is 0 Å². The van der Waals surface area contributed by atoms with Crippen LogP contribution in [0.4, 0.5) is 5.69 Å². The number of likely N-dealkylation sites (tertiary alicyclic amines) is 1. The second kappa shape index (κ2) is 7.91. The molecule has 7 heteroatoms. The third-order valence-corrected chi connectivity index (χ3v) is 6.09. The monoisotopic (exact) mass is 386 g/mol. The zero-order chi connectivity index (χ0) is 19.7. The zero-order valence-corrected chi connectivity index (χ0v) is 15.8. The summed E-state index contributed by atoms with van der Waals surface area (Å²) in [7, 11) is 0. The average Bonchev–Trinajstić information content (AvgIpc) is 3.44. The van der Waals surface area contributed by atoms with Gasteiger partial charge in [-0.15, -0.1) is 0 Å². The number of nitrogens with zero attached hydrogens (tertiary/aromatic N) is 1. The maximum Gasteiger partial charge on any atom is 0.309 e. The van der Waals surface area contributed by atoms with Crippen molar-refractivity contribution < 1.29 is 24.2 Å². The topological polar surface area (TPSA) is 95.9 Å². The normalized spacial score (nSPS) is 25.5. The third kappa shape index (κ3) is 4.04. The highest BCUT2D eigenvalue weighted by Gasteiger charge is 2.40. The molecule has 2 heterocycles. The van der Waals surface area contributed by atoms with Gasteiger partial charge in [-0.2, -0.15) is 0 Å². The largest absolute Gasteiger partial charge is 0.481 e. The van der Waals surface area contributed by atoms with Gasteiger partial charge in [-0.1, -0.05) is 0 Å². The first-order valence-corrected chi connectivity index (χ1v) is 10.1. The lowest BCUT2D eigenvalue weighted by Crippen LogP contribution is -2.43. The molecule has 1 aliphatic carbocycles. The van der Waals surface area contributed by atoms with Crippen molar-refractivity contribution in [3.63, 3.8) is 0 Å². The van der Waals surface area contributed by atoms with Gasteiger partial charge in [0.25, 0.3) is 5.91 Å². The van der Waals surface area contributed by atoms with Gasteiger partial charge in [0.15, 0.2) is 0 Å². The number of hydrogen-bond donors (Lipinski definition) is 2. The van der Waals surface area contributed by atoms with E-state index in [2.05, 4.69) is 5.32 Å². The molecule has 2 aliphatic heterocycles. The molecule has 1 aromatic carbocycles. The van der Waals surface area contributed by atoms with Gasteiger partial charge >= 0.3 is 5.97 Å². The van der Waals surface area contributed by atoms with Gasteiger partial charge in [-0.3, -0.25) is 14.4 Å². The average molecular weight is 386 g/mol. The minimum Gasteiger partial charge on any atom is -0.481 e. The van der Waals surface area contributed by atoms with Gasteiger partial charge < -0.3 is 20.1 Å². The Morgan fingerprint density at radius 2 is 1.68 bits per heavy atom. The first-order valence-electron chi connectivity index (χ1n) is 10.1. The van der Waals surface area contributed by atoms with Crippen molar-refractivity contribution in [1.82, 2.24) is 4.90 Å². The molecule has 0 bridgehead atoms. The van der Waals surface area contributed by atoms with Crippen LogP contribution in [0.1, 0.15) is 42.5 Å². The standard InChI is InChI=1S/C21H26N2O5/c24-19(14-1-2-14)22-16-5-3-15(4-6-16)20(25)23-10-7-13(8-11-23)18-17(21(26)27)9-12-28-18/h3-6,13-14,17-18H,1-2,7-12H2,(H,22,24)(H,26,27)/t17?,18-/m0/s1. The fourth-order valence-corrected chi connectivity index (χ4v) is 4.24. The number of carbonyl (C=O) groups excluding carboxylic acids is 2. The van der Waals surface area contributed by atoms with E-state index in [-0.39, 0.29) is 29.8 Å². The number of ether oxygens (including phenoxy) is 1. The smallest absolute Gasteiger partial charge is 0.309 e. The second-order valence-electron chi connectivity index (χ2n) is 8.04. The Morgan fingerprint density at radius 3 is 2.29 bits per heavy atom. The molecule has 2 atom stereocenters. The lowest BCUT2D eigenvalue weighted by Gasteiger charge is -2.35. The summed E-state index contributed by atoms with van der Waals surface area (Å²) < 4.78 is 5.69. The molecule has 150 valence electrons. The number of piperidine rings is 1. The molecular formula is C21H26N2O5. The summed E-state index contributed by atoms with van der Waals surface area (Å²) in [6, 6.07) is 7.03. The van der Waals surface area contributed by atoms with Crippen molar-refractivity contribution in [2.45, 2.75) is 38.2 Å². The first-order chi connectivity index (χ1) is 13.5. The van der Waals surface area contributed by atoms with Crippen molar-refractivity contribution in [2.24, 2.45) is 17.8 Å². The number of rotatable bonds is 5. The Hall–Kier alpha value is -2.41. The maximum atomic E-state index is 12.8. The lowest BCUT2D eigenvalue weighted by molar-refractivity contribution is -0.145. The van der Waals surface area contributed by atoms with Crippen molar-refractivity contribution in [3.05, 3.63) is 29.8 Å². The van der Waals surface area contributed by atoms with E-state index in [0.717, 1.165) is 25.7 Å². The van der Waals surface area contributed by atoms with Crippen LogP contribution in [0.15, 0.2) is 24.3 Å². The predicted molar refractivity (Wildman–Crippen MR) is 102 cm³/mol.